The number of hydrogen-bond donors (Lipinski definition) is 1. The third-order valence-electron chi connectivity index (χ3n) is 4.96. The van der Waals surface area contributed by atoms with Gasteiger partial charge in [-0.2, -0.15) is 0 Å². The van der Waals surface area contributed by atoms with Crippen molar-refractivity contribution >= 4 is 17.4 Å². The molecule has 0 aliphatic carbocycles. The molecule has 3 aromatic rings. The summed E-state index contributed by atoms with van der Waals surface area (Å²) in [4.78, 5) is 19.3. The van der Waals surface area contributed by atoms with Crippen molar-refractivity contribution in [2.75, 3.05) is 23.4 Å². The van der Waals surface area contributed by atoms with Gasteiger partial charge in [-0.15, -0.1) is 0 Å². The van der Waals surface area contributed by atoms with Gasteiger partial charge in [0, 0.05) is 29.1 Å². The topological polar surface area (TPSA) is 63.7 Å². The Labute approximate surface area is 162 Å². The van der Waals surface area contributed by atoms with E-state index < -0.39 is 0 Å². The summed E-state index contributed by atoms with van der Waals surface area (Å²) in [5, 5.41) is 3.48. The highest BCUT2D eigenvalue weighted by atomic mass is 16.6. The average Bonchev–Trinajstić information content (AvgIpc) is 3.00. The van der Waals surface area contributed by atoms with Gasteiger partial charge in [-0.1, -0.05) is 18.2 Å². The summed E-state index contributed by atoms with van der Waals surface area (Å²) >= 11 is 0. The maximum absolute atomic E-state index is 13.1. The second-order valence-electron chi connectivity index (χ2n) is 6.86. The number of amides is 1. The van der Waals surface area contributed by atoms with Crippen LogP contribution in [0, 0.1) is 6.92 Å². The van der Waals surface area contributed by atoms with Crippen LogP contribution in [0.5, 0.6) is 11.5 Å². The van der Waals surface area contributed by atoms with E-state index in [4.69, 9.17) is 9.47 Å². The molecule has 1 aromatic heterocycles. The third kappa shape index (κ3) is 2.74. The first kappa shape index (κ1) is 16.6. The fourth-order valence-electron chi connectivity index (χ4n) is 3.64. The Hall–Kier alpha value is -3.54. The zero-order valence-electron chi connectivity index (χ0n) is 15.4. The van der Waals surface area contributed by atoms with Crippen LogP contribution in [0.3, 0.4) is 0 Å². The van der Waals surface area contributed by atoms with Crippen LogP contribution in [0.15, 0.2) is 60.8 Å². The van der Waals surface area contributed by atoms with Crippen LogP contribution >= 0.6 is 0 Å². The van der Waals surface area contributed by atoms with Crippen LogP contribution in [-0.4, -0.2) is 24.1 Å². The lowest BCUT2D eigenvalue weighted by Crippen LogP contribution is -2.33. The molecular weight excluding hydrogens is 354 g/mol. The van der Waals surface area contributed by atoms with Gasteiger partial charge in [-0.05, 0) is 42.8 Å². The molecular formula is C22H19N3O3. The van der Waals surface area contributed by atoms with E-state index in [0.29, 0.717) is 30.3 Å². The Morgan fingerprint density at radius 3 is 2.71 bits per heavy atom. The number of pyridine rings is 1. The molecule has 0 bridgehead atoms. The summed E-state index contributed by atoms with van der Waals surface area (Å²) in [7, 11) is 0. The first-order valence-electron chi connectivity index (χ1n) is 9.22. The van der Waals surface area contributed by atoms with E-state index in [1.807, 2.05) is 61.5 Å². The fraction of sp³-hybridized carbons (Fsp3) is 0.182. The molecule has 5 rings (SSSR count). The Kier molecular flexibility index (Phi) is 3.90. The number of aryl methyl sites for hydroxylation is 1. The zero-order valence-corrected chi connectivity index (χ0v) is 15.4. The summed E-state index contributed by atoms with van der Waals surface area (Å²) in [6.07, 6.45) is 1.36. The number of carbonyl (C=O) groups excluding carboxylic acids is 1. The van der Waals surface area contributed by atoms with Crippen molar-refractivity contribution in [2.24, 2.45) is 0 Å². The Bertz CT molecular complexity index is 1070. The Morgan fingerprint density at radius 2 is 1.86 bits per heavy atom. The van der Waals surface area contributed by atoms with Gasteiger partial charge >= 0.3 is 0 Å². The standard InChI is InChI=1S/C22H19N3O3/c1-14-8-9-23-20(12-14)25-21(16-4-2-3-5-17(16)22(25)26)24-15-6-7-18-19(13-15)28-11-10-27-18/h2-9,12-13,21,24H,10-11H2,1H3/t21-/m1/s1. The molecule has 3 heterocycles. The number of fused-ring (bicyclic) bond motifs is 2. The molecule has 0 saturated heterocycles. The van der Waals surface area contributed by atoms with E-state index in [0.717, 1.165) is 22.6 Å². The van der Waals surface area contributed by atoms with Crippen LogP contribution < -0.4 is 19.7 Å². The molecule has 0 radical (unpaired) electrons. The molecule has 2 aliphatic heterocycles. The first-order valence-corrected chi connectivity index (χ1v) is 9.22. The van der Waals surface area contributed by atoms with Crippen molar-refractivity contribution in [3.63, 3.8) is 0 Å². The summed E-state index contributed by atoms with van der Waals surface area (Å²) in [5.41, 5.74) is 3.50. The molecule has 2 aliphatic rings. The number of hydrogen-bond acceptors (Lipinski definition) is 5. The summed E-state index contributed by atoms with van der Waals surface area (Å²) < 4.78 is 11.3. The van der Waals surface area contributed by atoms with E-state index in [2.05, 4.69) is 10.3 Å². The highest BCUT2D eigenvalue weighted by Gasteiger charge is 2.38. The van der Waals surface area contributed by atoms with E-state index in [1.165, 1.54) is 0 Å². The molecule has 6 heteroatoms. The number of nitrogens with one attached hydrogen (secondary N) is 1. The third-order valence-corrected chi connectivity index (χ3v) is 4.96. The number of aromatic nitrogens is 1. The molecule has 140 valence electrons. The first-order chi connectivity index (χ1) is 13.7. The normalized spacial score (nSPS) is 17.4. The number of carbonyl (C=O) groups is 1. The number of nitrogens with zero attached hydrogens (tertiary/aromatic N) is 2. The molecule has 0 unspecified atom stereocenters. The number of benzene rings is 2. The lowest BCUT2D eigenvalue weighted by atomic mass is 10.1. The maximum Gasteiger partial charge on any atom is 0.261 e. The monoisotopic (exact) mass is 373 g/mol. The van der Waals surface area contributed by atoms with E-state index in [9.17, 15) is 4.79 Å². The fourth-order valence-corrected chi connectivity index (χ4v) is 3.64. The second-order valence-corrected chi connectivity index (χ2v) is 6.86. The van der Waals surface area contributed by atoms with Crippen LogP contribution in [0.4, 0.5) is 11.5 Å². The number of rotatable bonds is 3. The molecule has 1 N–H and O–H groups in total. The summed E-state index contributed by atoms with van der Waals surface area (Å²) in [5.74, 6) is 1.99. The van der Waals surface area contributed by atoms with Crippen LogP contribution in [0.25, 0.3) is 0 Å². The minimum absolute atomic E-state index is 0.0660. The molecule has 0 saturated carbocycles. The molecule has 1 atom stereocenters. The van der Waals surface area contributed by atoms with Crippen molar-refractivity contribution in [3.8, 4) is 11.5 Å². The summed E-state index contributed by atoms with van der Waals surface area (Å²) in [6, 6.07) is 17.2. The molecule has 1 amide bonds. The smallest absolute Gasteiger partial charge is 0.261 e. The zero-order chi connectivity index (χ0) is 19.1. The van der Waals surface area contributed by atoms with E-state index in [-0.39, 0.29) is 12.1 Å². The molecule has 2 aromatic carbocycles. The molecule has 0 fully saturated rings. The van der Waals surface area contributed by atoms with Crippen molar-refractivity contribution in [1.29, 1.82) is 0 Å². The van der Waals surface area contributed by atoms with Gasteiger partial charge in [-0.3, -0.25) is 9.69 Å². The van der Waals surface area contributed by atoms with Gasteiger partial charge in [0.05, 0.1) is 0 Å². The van der Waals surface area contributed by atoms with Gasteiger partial charge in [0.1, 0.15) is 25.2 Å². The molecule has 6 nitrogen and oxygen atoms in total. The van der Waals surface area contributed by atoms with E-state index >= 15 is 0 Å². The highest BCUT2D eigenvalue weighted by molar-refractivity contribution is 6.11. The predicted molar refractivity (Wildman–Crippen MR) is 106 cm³/mol. The lowest BCUT2D eigenvalue weighted by molar-refractivity contribution is 0.0992. The van der Waals surface area contributed by atoms with E-state index in [1.54, 1.807) is 11.1 Å². The lowest BCUT2D eigenvalue weighted by Gasteiger charge is -2.27. The van der Waals surface area contributed by atoms with Crippen molar-refractivity contribution in [3.05, 3.63) is 77.5 Å². The molecule has 28 heavy (non-hydrogen) atoms. The van der Waals surface area contributed by atoms with Crippen molar-refractivity contribution in [2.45, 2.75) is 13.1 Å². The van der Waals surface area contributed by atoms with Gasteiger partial charge in [0.25, 0.3) is 5.91 Å². The van der Waals surface area contributed by atoms with Crippen molar-refractivity contribution < 1.29 is 14.3 Å². The quantitative estimate of drug-likeness (QED) is 0.754. The highest BCUT2D eigenvalue weighted by Crippen LogP contribution is 2.39. The van der Waals surface area contributed by atoms with Gasteiger partial charge in [0.15, 0.2) is 11.5 Å². The van der Waals surface area contributed by atoms with Crippen LogP contribution in [-0.2, 0) is 0 Å². The minimum Gasteiger partial charge on any atom is -0.486 e. The number of anilines is 2. The minimum atomic E-state index is -0.361. The Morgan fingerprint density at radius 1 is 1.04 bits per heavy atom. The Balaban J connectivity index is 1.55. The van der Waals surface area contributed by atoms with Gasteiger partial charge in [-0.25, -0.2) is 4.98 Å². The van der Waals surface area contributed by atoms with Gasteiger partial charge < -0.3 is 14.8 Å². The average molecular weight is 373 g/mol. The number of ether oxygens (including phenoxy) is 2. The summed E-state index contributed by atoms with van der Waals surface area (Å²) in [6.45, 7) is 3.07. The predicted octanol–water partition coefficient (Wildman–Crippen LogP) is 3.93. The maximum atomic E-state index is 13.1. The van der Waals surface area contributed by atoms with Crippen molar-refractivity contribution in [1.82, 2.24) is 4.98 Å². The van der Waals surface area contributed by atoms with Gasteiger partial charge in [0.2, 0.25) is 0 Å². The van der Waals surface area contributed by atoms with Crippen LogP contribution in [0.2, 0.25) is 0 Å². The second kappa shape index (κ2) is 6.56. The van der Waals surface area contributed by atoms with Crippen LogP contribution in [0.1, 0.15) is 27.7 Å². The SMILES string of the molecule is Cc1ccnc(N2C(=O)c3ccccc3[C@@H]2Nc2ccc3c(c2)OCCO3)c1. The molecule has 0 spiro atoms. The largest absolute Gasteiger partial charge is 0.486 e.